The minimum atomic E-state index is -0.405. The lowest BCUT2D eigenvalue weighted by atomic mass is 9.89. The van der Waals surface area contributed by atoms with Crippen molar-refractivity contribution in [1.82, 2.24) is 5.32 Å². The van der Waals surface area contributed by atoms with Crippen molar-refractivity contribution in [2.24, 2.45) is 5.92 Å². The fourth-order valence-electron chi connectivity index (χ4n) is 3.31. The van der Waals surface area contributed by atoms with E-state index in [1.807, 2.05) is 30.3 Å². The molecular formula is C20H25NO3. The van der Waals surface area contributed by atoms with Crippen LogP contribution < -0.4 is 14.8 Å². The lowest BCUT2D eigenvalue weighted by molar-refractivity contribution is 0.0922. The number of piperidine rings is 1. The van der Waals surface area contributed by atoms with Crippen LogP contribution in [0, 0.1) is 5.92 Å². The number of aliphatic hydroxyl groups is 1. The van der Waals surface area contributed by atoms with Gasteiger partial charge in [0.2, 0.25) is 0 Å². The highest BCUT2D eigenvalue weighted by molar-refractivity contribution is 5.67. The average Bonchev–Trinajstić information content (AvgIpc) is 2.67. The van der Waals surface area contributed by atoms with Crippen LogP contribution in [0.5, 0.6) is 11.5 Å². The highest BCUT2D eigenvalue weighted by Gasteiger charge is 2.22. The predicted molar refractivity (Wildman–Crippen MR) is 95.5 cm³/mol. The fraction of sp³-hybridized carbons (Fsp3) is 0.400. The Morgan fingerprint density at radius 3 is 2.33 bits per heavy atom. The molecule has 4 heteroatoms. The monoisotopic (exact) mass is 327 g/mol. The van der Waals surface area contributed by atoms with Crippen molar-refractivity contribution in [1.29, 1.82) is 0 Å². The van der Waals surface area contributed by atoms with E-state index < -0.39 is 6.10 Å². The molecule has 0 spiro atoms. The number of hydrogen-bond acceptors (Lipinski definition) is 4. The number of benzene rings is 2. The van der Waals surface area contributed by atoms with Gasteiger partial charge in [-0.1, -0.05) is 30.3 Å². The maximum atomic E-state index is 10.6. The van der Waals surface area contributed by atoms with Gasteiger partial charge in [-0.15, -0.1) is 0 Å². The summed E-state index contributed by atoms with van der Waals surface area (Å²) in [6, 6.07) is 14.0. The summed E-state index contributed by atoms with van der Waals surface area (Å²) >= 11 is 0. The van der Waals surface area contributed by atoms with Gasteiger partial charge in [0.1, 0.15) is 0 Å². The molecule has 0 bridgehead atoms. The first kappa shape index (κ1) is 16.8. The number of ether oxygens (including phenoxy) is 2. The number of methoxy groups -OCH3 is 2. The summed E-state index contributed by atoms with van der Waals surface area (Å²) < 4.78 is 10.6. The van der Waals surface area contributed by atoms with Crippen LogP contribution in [0.15, 0.2) is 42.5 Å². The van der Waals surface area contributed by atoms with Crippen molar-refractivity contribution < 1.29 is 14.6 Å². The van der Waals surface area contributed by atoms with Crippen LogP contribution in [0.3, 0.4) is 0 Å². The highest BCUT2D eigenvalue weighted by atomic mass is 16.5. The molecule has 0 amide bonds. The summed E-state index contributed by atoms with van der Waals surface area (Å²) in [5.41, 5.74) is 3.13. The van der Waals surface area contributed by atoms with Crippen LogP contribution in [-0.2, 0) is 0 Å². The molecule has 2 aromatic carbocycles. The summed E-state index contributed by atoms with van der Waals surface area (Å²) in [4.78, 5) is 0. The third-order valence-corrected chi connectivity index (χ3v) is 4.75. The van der Waals surface area contributed by atoms with Crippen molar-refractivity contribution >= 4 is 0 Å². The standard InChI is InChI=1S/C20H25NO3/c1-23-18-10-9-16(12-19(18)24-2)14-5-7-15(8-6-14)20(22)17-4-3-11-21-13-17/h5-10,12,17,20-22H,3-4,11,13H2,1-2H3. The van der Waals surface area contributed by atoms with Crippen molar-refractivity contribution in [3.8, 4) is 22.6 Å². The highest BCUT2D eigenvalue weighted by Crippen LogP contribution is 2.33. The first-order chi connectivity index (χ1) is 11.7. The molecule has 128 valence electrons. The first-order valence-electron chi connectivity index (χ1n) is 8.44. The van der Waals surface area contributed by atoms with Crippen molar-refractivity contribution in [3.05, 3.63) is 48.0 Å². The lowest BCUT2D eigenvalue weighted by Crippen LogP contribution is -2.33. The molecule has 0 aromatic heterocycles. The zero-order chi connectivity index (χ0) is 16.9. The van der Waals surface area contributed by atoms with E-state index in [2.05, 4.69) is 17.4 Å². The maximum absolute atomic E-state index is 10.6. The van der Waals surface area contributed by atoms with Gasteiger partial charge in [-0.25, -0.2) is 0 Å². The topological polar surface area (TPSA) is 50.7 Å². The summed E-state index contributed by atoms with van der Waals surface area (Å²) in [7, 11) is 3.27. The van der Waals surface area contributed by atoms with Crippen LogP contribution in [0.4, 0.5) is 0 Å². The van der Waals surface area contributed by atoms with Gasteiger partial charge >= 0.3 is 0 Å². The largest absolute Gasteiger partial charge is 0.493 e. The Labute approximate surface area is 143 Å². The second-order valence-electron chi connectivity index (χ2n) is 6.24. The molecule has 0 aliphatic carbocycles. The van der Waals surface area contributed by atoms with Gasteiger partial charge in [0, 0.05) is 12.5 Å². The Morgan fingerprint density at radius 1 is 1.00 bits per heavy atom. The summed E-state index contributed by atoms with van der Waals surface area (Å²) in [5.74, 6) is 1.73. The maximum Gasteiger partial charge on any atom is 0.161 e. The third kappa shape index (κ3) is 3.55. The van der Waals surface area contributed by atoms with Gasteiger partial charge in [0.05, 0.1) is 20.3 Å². The molecule has 2 aromatic rings. The molecule has 1 aliphatic rings. The normalized spacial score (nSPS) is 18.9. The molecule has 1 heterocycles. The van der Waals surface area contributed by atoms with E-state index in [-0.39, 0.29) is 0 Å². The number of hydrogen-bond donors (Lipinski definition) is 2. The van der Waals surface area contributed by atoms with Gasteiger partial charge in [0.15, 0.2) is 11.5 Å². The Hall–Kier alpha value is -2.04. The second-order valence-corrected chi connectivity index (χ2v) is 6.24. The van der Waals surface area contributed by atoms with Gasteiger partial charge < -0.3 is 19.9 Å². The van der Waals surface area contributed by atoms with E-state index in [1.165, 1.54) is 0 Å². The van der Waals surface area contributed by atoms with Crippen molar-refractivity contribution in [2.75, 3.05) is 27.3 Å². The molecule has 2 atom stereocenters. The minimum Gasteiger partial charge on any atom is -0.493 e. The molecular weight excluding hydrogens is 302 g/mol. The zero-order valence-electron chi connectivity index (χ0n) is 14.3. The lowest BCUT2D eigenvalue weighted by Gasteiger charge is -2.27. The fourth-order valence-corrected chi connectivity index (χ4v) is 3.31. The smallest absolute Gasteiger partial charge is 0.161 e. The molecule has 1 fully saturated rings. The van der Waals surface area contributed by atoms with Crippen LogP contribution in [0.2, 0.25) is 0 Å². The Balaban J connectivity index is 1.79. The SMILES string of the molecule is COc1ccc(-c2ccc(C(O)C3CCCNC3)cc2)cc1OC. The quantitative estimate of drug-likeness (QED) is 0.884. The molecule has 0 radical (unpaired) electrons. The Bertz CT molecular complexity index is 663. The van der Waals surface area contributed by atoms with Crippen LogP contribution in [-0.4, -0.2) is 32.4 Å². The van der Waals surface area contributed by atoms with Crippen molar-refractivity contribution in [2.45, 2.75) is 18.9 Å². The van der Waals surface area contributed by atoms with E-state index in [0.717, 1.165) is 48.4 Å². The number of rotatable bonds is 5. The second kappa shape index (κ2) is 7.69. The molecule has 24 heavy (non-hydrogen) atoms. The molecule has 1 saturated heterocycles. The van der Waals surface area contributed by atoms with Crippen LogP contribution in [0.1, 0.15) is 24.5 Å². The van der Waals surface area contributed by atoms with E-state index in [1.54, 1.807) is 14.2 Å². The summed E-state index contributed by atoms with van der Waals surface area (Å²) in [6.07, 6.45) is 1.80. The van der Waals surface area contributed by atoms with Crippen molar-refractivity contribution in [3.63, 3.8) is 0 Å². The molecule has 2 unspecified atom stereocenters. The predicted octanol–water partition coefficient (Wildman–Crippen LogP) is 3.40. The van der Waals surface area contributed by atoms with Gasteiger partial charge in [-0.2, -0.15) is 0 Å². The third-order valence-electron chi connectivity index (χ3n) is 4.75. The molecule has 2 N–H and O–H groups in total. The molecule has 1 aliphatic heterocycles. The molecule has 3 rings (SSSR count). The van der Waals surface area contributed by atoms with E-state index >= 15 is 0 Å². The minimum absolute atomic E-state index is 0.297. The number of nitrogens with one attached hydrogen (secondary N) is 1. The Morgan fingerprint density at radius 2 is 1.71 bits per heavy atom. The molecule has 4 nitrogen and oxygen atoms in total. The average molecular weight is 327 g/mol. The summed E-state index contributed by atoms with van der Waals surface area (Å²) in [6.45, 7) is 1.94. The molecule has 0 saturated carbocycles. The van der Waals surface area contributed by atoms with Crippen LogP contribution in [0.25, 0.3) is 11.1 Å². The zero-order valence-corrected chi connectivity index (χ0v) is 14.3. The Kier molecular flexibility index (Phi) is 5.38. The summed E-state index contributed by atoms with van der Waals surface area (Å²) in [5, 5.41) is 13.9. The first-order valence-corrected chi connectivity index (χ1v) is 8.44. The van der Waals surface area contributed by atoms with Crippen LogP contribution >= 0.6 is 0 Å². The number of aliphatic hydroxyl groups excluding tert-OH is 1. The van der Waals surface area contributed by atoms with Gasteiger partial charge in [-0.05, 0) is 48.2 Å². The van der Waals surface area contributed by atoms with Gasteiger partial charge in [0.25, 0.3) is 0 Å². The van der Waals surface area contributed by atoms with E-state index in [4.69, 9.17) is 9.47 Å². The van der Waals surface area contributed by atoms with Gasteiger partial charge in [-0.3, -0.25) is 0 Å². The van der Waals surface area contributed by atoms with E-state index in [0.29, 0.717) is 11.7 Å². The van der Waals surface area contributed by atoms with E-state index in [9.17, 15) is 5.11 Å².